The monoisotopic (exact) mass is 396 g/mol. The van der Waals surface area contributed by atoms with Crippen LogP contribution in [0.5, 0.6) is 0 Å². The molecule has 0 saturated carbocycles. The molecule has 0 saturated heterocycles. The average Bonchev–Trinajstić information content (AvgIpc) is 2.58. The maximum absolute atomic E-state index is 12.5. The number of nitrogens with zero attached hydrogens (tertiary/aromatic N) is 2. The number of aryl methyl sites for hydroxylation is 2. The number of aromatic nitrogens is 2. The molecule has 0 spiro atoms. The highest BCUT2D eigenvalue weighted by Crippen LogP contribution is 2.22. The fourth-order valence-electron chi connectivity index (χ4n) is 2.28. The van der Waals surface area contributed by atoms with E-state index in [0.29, 0.717) is 23.0 Å². The zero-order valence-corrected chi connectivity index (χ0v) is 15.5. The van der Waals surface area contributed by atoms with Gasteiger partial charge >= 0.3 is 0 Å². The van der Waals surface area contributed by atoms with E-state index < -0.39 is 0 Å². The molecule has 1 heterocycles. The van der Waals surface area contributed by atoms with E-state index in [9.17, 15) is 4.79 Å². The quantitative estimate of drug-likeness (QED) is 0.661. The van der Waals surface area contributed by atoms with E-state index >= 15 is 0 Å². The second-order valence-electron chi connectivity index (χ2n) is 5.61. The lowest BCUT2D eigenvalue weighted by atomic mass is 10.2. The number of benzene rings is 2. The third-order valence-electron chi connectivity index (χ3n) is 3.52. The molecule has 0 unspecified atom stereocenters. The van der Waals surface area contributed by atoms with Crippen LogP contribution < -0.4 is 10.6 Å². The first-order valence-corrected chi connectivity index (χ1v) is 8.56. The molecular formula is C19H17BrN4O. The maximum atomic E-state index is 12.5. The molecule has 0 aliphatic heterocycles. The van der Waals surface area contributed by atoms with Crippen LogP contribution >= 0.6 is 15.9 Å². The Labute approximate surface area is 154 Å². The third kappa shape index (κ3) is 4.42. The first-order valence-electron chi connectivity index (χ1n) is 7.76. The molecule has 0 bridgehead atoms. The first kappa shape index (κ1) is 17.1. The number of para-hydroxylation sites is 1. The lowest BCUT2D eigenvalue weighted by molar-refractivity contribution is 0.102. The van der Waals surface area contributed by atoms with Crippen LogP contribution in [0.25, 0.3) is 0 Å². The highest BCUT2D eigenvalue weighted by Gasteiger charge is 2.12. The molecule has 3 aromatic rings. The number of carbonyl (C=O) groups is 1. The van der Waals surface area contributed by atoms with E-state index in [2.05, 4.69) is 36.5 Å². The van der Waals surface area contributed by atoms with Gasteiger partial charge in [0.2, 0.25) is 0 Å². The van der Waals surface area contributed by atoms with Crippen molar-refractivity contribution < 1.29 is 4.79 Å². The van der Waals surface area contributed by atoms with Crippen molar-refractivity contribution in [2.24, 2.45) is 0 Å². The Bertz CT molecular complexity index is 910. The lowest BCUT2D eigenvalue weighted by Gasteiger charge is -2.10. The Hall–Kier alpha value is -2.73. The van der Waals surface area contributed by atoms with Crippen LogP contribution in [-0.2, 0) is 0 Å². The topological polar surface area (TPSA) is 66.9 Å². The van der Waals surface area contributed by atoms with Crippen molar-refractivity contribution in [1.29, 1.82) is 0 Å². The summed E-state index contributed by atoms with van der Waals surface area (Å²) in [6.45, 7) is 3.79. The van der Waals surface area contributed by atoms with E-state index in [-0.39, 0.29) is 5.91 Å². The molecule has 126 valence electrons. The summed E-state index contributed by atoms with van der Waals surface area (Å²) < 4.78 is 0.812. The molecule has 25 heavy (non-hydrogen) atoms. The normalized spacial score (nSPS) is 10.4. The summed E-state index contributed by atoms with van der Waals surface area (Å²) in [5.74, 6) is 0.812. The van der Waals surface area contributed by atoms with Crippen LogP contribution in [0, 0.1) is 13.8 Å². The number of carbonyl (C=O) groups excluding carboxylic acids is 1. The molecular weight excluding hydrogens is 380 g/mol. The minimum Gasteiger partial charge on any atom is -0.340 e. The standard InChI is InChI=1S/C19H17BrN4O/c1-12-7-9-14(10-8-12)23-18-11-17(21-13(2)22-18)19(25)24-16-6-4-3-5-15(16)20/h3-11H,1-2H3,(H,24,25)(H,21,22,23). The fourth-order valence-corrected chi connectivity index (χ4v) is 2.67. The minimum atomic E-state index is -0.288. The molecule has 0 aliphatic rings. The lowest BCUT2D eigenvalue weighted by Crippen LogP contribution is -2.15. The average molecular weight is 397 g/mol. The van der Waals surface area contributed by atoms with Gasteiger partial charge in [-0.05, 0) is 54.0 Å². The van der Waals surface area contributed by atoms with E-state index in [4.69, 9.17) is 0 Å². The van der Waals surface area contributed by atoms with Crippen LogP contribution in [0.2, 0.25) is 0 Å². The van der Waals surface area contributed by atoms with Gasteiger partial charge in [-0.1, -0.05) is 29.8 Å². The molecule has 1 aromatic heterocycles. The predicted octanol–water partition coefficient (Wildman–Crippen LogP) is 4.85. The number of halogens is 1. The van der Waals surface area contributed by atoms with Crippen molar-refractivity contribution >= 4 is 39.0 Å². The van der Waals surface area contributed by atoms with Gasteiger partial charge in [0, 0.05) is 16.2 Å². The highest BCUT2D eigenvalue weighted by molar-refractivity contribution is 9.10. The molecule has 3 rings (SSSR count). The maximum Gasteiger partial charge on any atom is 0.274 e. The SMILES string of the molecule is Cc1ccc(Nc2cc(C(=O)Nc3ccccc3Br)nc(C)n2)cc1. The van der Waals surface area contributed by atoms with E-state index in [1.807, 2.05) is 55.5 Å². The van der Waals surface area contributed by atoms with Crippen molar-refractivity contribution in [1.82, 2.24) is 9.97 Å². The van der Waals surface area contributed by atoms with Crippen molar-refractivity contribution in [2.45, 2.75) is 13.8 Å². The summed E-state index contributed by atoms with van der Waals surface area (Å²) >= 11 is 3.42. The summed E-state index contributed by atoms with van der Waals surface area (Å²) in [7, 11) is 0. The zero-order chi connectivity index (χ0) is 17.8. The molecule has 0 aliphatic carbocycles. The molecule has 2 aromatic carbocycles. The van der Waals surface area contributed by atoms with Crippen LogP contribution in [0.3, 0.4) is 0 Å². The highest BCUT2D eigenvalue weighted by atomic mass is 79.9. The second kappa shape index (κ2) is 7.44. The van der Waals surface area contributed by atoms with Crippen LogP contribution in [-0.4, -0.2) is 15.9 Å². The smallest absolute Gasteiger partial charge is 0.274 e. The van der Waals surface area contributed by atoms with Crippen LogP contribution in [0.1, 0.15) is 21.9 Å². The largest absolute Gasteiger partial charge is 0.340 e. The number of anilines is 3. The summed E-state index contributed by atoms with van der Waals surface area (Å²) in [5.41, 5.74) is 3.08. The van der Waals surface area contributed by atoms with E-state index in [1.54, 1.807) is 13.0 Å². The van der Waals surface area contributed by atoms with Gasteiger partial charge in [-0.3, -0.25) is 4.79 Å². The number of hydrogen-bond acceptors (Lipinski definition) is 4. The van der Waals surface area contributed by atoms with Crippen molar-refractivity contribution in [3.8, 4) is 0 Å². The van der Waals surface area contributed by atoms with Gasteiger partial charge in [-0.15, -0.1) is 0 Å². The number of amides is 1. The Morgan fingerprint density at radius 1 is 1.00 bits per heavy atom. The minimum absolute atomic E-state index is 0.288. The van der Waals surface area contributed by atoms with Crippen molar-refractivity contribution in [3.63, 3.8) is 0 Å². The number of nitrogens with one attached hydrogen (secondary N) is 2. The third-order valence-corrected chi connectivity index (χ3v) is 4.21. The van der Waals surface area contributed by atoms with E-state index in [0.717, 1.165) is 10.2 Å². The van der Waals surface area contributed by atoms with Gasteiger partial charge in [0.1, 0.15) is 17.3 Å². The molecule has 1 amide bonds. The zero-order valence-electron chi connectivity index (χ0n) is 13.9. The second-order valence-corrected chi connectivity index (χ2v) is 6.46. The van der Waals surface area contributed by atoms with Crippen molar-refractivity contribution in [2.75, 3.05) is 10.6 Å². The molecule has 6 heteroatoms. The van der Waals surface area contributed by atoms with Crippen molar-refractivity contribution in [3.05, 3.63) is 76.2 Å². The number of rotatable bonds is 4. The molecule has 0 atom stereocenters. The summed E-state index contributed by atoms with van der Waals surface area (Å²) in [4.78, 5) is 21.1. The fraction of sp³-hybridized carbons (Fsp3) is 0.105. The molecule has 2 N–H and O–H groups in total. The van der Waals surface area contributed by atoms with Crippen LogP contribution in [0.4, 0.5) is 17.2 Å². The summed E-state index contributed by atoms with van der Waals surface area (Å²) in [6.07, 6.45) is 0. The van der Waals surface area contributed by atoms with Gasteiger partial charge in [0.25, 0.3) is 5.91 Å². The Morgan fingerprint density at radius 3 is 2.44 bits per heavy atom. The Kier molecular flexibility index (Phi) is 5.09. The summed E-state index contributed by atoms with van der Waals surface area (Å²) in [5, 5.41) is 6.05. The predicted molar refractivity (Wildman–Crippen MR) is 103 cm³/mol. The first-order chi connectivity index (χ1) is 12.0. The van der Waals surface area contributed by atoms with Gasteiger partial charge in [0.15, 0.2) is 0 Å². The van der Waals surface area contributed by atoms with Gasteiger partial charge in [-0.25, -0.2) is 9.97 Å². The van der Waals surface area contributed by atoms with Crippen LogP contribution in [0.15, 0.2) is 59.1 Å². The molecule has 5 nitrogen and oxygen atoms in total. The summed E-state index contributed by atoms with van der Waals surface area (Å²) in [6, 6.07) is 17.0. The van der Waals surface area contributed by atoms with E-state index in [1.165, 1.54) is 5.56 Å². The number of hydrogen-bond donors (Lipinski definition) is 2. The van der Waals surface area contributed by atoms with Gasteiger partial charge in [0.05, 0.1) is 5.69 Å². The molecule has 0 radical (unpaired) electrons. The van der Waals surface area contributed by atoms with Gasteiger partial charge in [-0.2, -0.15) is 0 Å². The Balaban J connectivity index is 1.82. The van der Waals surface area contributed by atoms with Gasteiger partial charge < -0.3 is 10.6 Å². The Morgan fingerprint density at radius 2 is 1.72 bits per heavy atom. The molecule has 0 fully saturated rings.